The van der Waals surface area contributed by atoms with Gasteiger partial charge in [0.2, 0.25) is 5.91 Å². The van der Waals surface area contributed by atoms with Crippen LogP contribution >= 0.6 is 0 Å². The molecule has 3 atom stereocenters. The van der Waals surface area contributed by atoms with Crippen LogP contribution in [0, 0.1) is 11.8 Å². The van der Waals surface area contributed by atoms with E-state index in [0.717, 1.165) is 35.1 Å². The molecule has 0 bridgehead atoms. The Morgan fingerprint density at radius 1 is 1.03 bits per heavy atom. The topological polar surface area (TPSA) is 95.9 Å². The molecule has 7 nitrogen and oxygen atoms in total. The number of ether oxygens (including phenoxy) is 1. The zero-order valence-corrected chi connectivity index (χ0v) is 19.7. The van der Waals surface area contributed by atoms with Crippen molar-refractivity contribution >= 4 is 18.0 Å². The standard InChI is InChI=1S/C27H32N2O5/c1-17-11-12-29(15-18(2)13-17)26(32)24(14-25(30)31)28-27(33)34-16-23-21-9-5-3-7-19(21)20-8-4-6-10-22(20)23/h3-10,17-18,23-24H,11-16H2,1-2H3,(H,28,33)(H,30,31). The van der Waals surface area contributed by atoms with Crippen molar-refractivity contribution in [1.82, 2.24) is 10.2 Å². The van der Waals surface area contributed by atoms with Crippen molar-refractivity contribution in [2.24, 2.45) is 11.8 Å². The Morgan fingerprint density at radius 2 is 1.65 bits per heavy atom. The number of nitrogens with one attached hydrogen (secondary N) is 1. The van der Waals surface area contributed by atoms with Gasteiger partial charge in [0.25, 0.3) is 0 Å². The van der Waals surface area contributed by atoms with Gasteiger partial charge in [-0.2, -0.15) is 0 Å². The summed E-state index contributed by atoms with van der Waals surface area (Å²) in [6.45, 7) is 5.48. The molecule has 2 amide bonds. The van der Waals surface area contributed by atoms with Crippen molar-refractivity contribution in [2.75, 3.05) is 19.7 Å². The van der Waals surface area contributed by atoms with E-state index < -0.39 is 24.5 Å². The third-order valence-corrected chi connectivity index (χ3v) is 6.85. The second-order valence-electron chi connectivity index (χ2n) is 9.64. The SMILES string of the molecule is CC1CCN(C(=O)C(CC(=O)O)NC(=O)OCC2c3ccccc3-c3ccccc32)CC(C)C1. The van der Waals surface area contributed by atoms with Crippen molar-refractivity contribution in [3.8, 4) is 11.1 Å². The van der Waals surface area contributed by atoms with Crippen LogP contribution in [-0.2, 0) is 14.3 Å². The number of carbonyl (C=O) groups excluding carboxylic acids is 2. The molecule has 2 aliphatic rings. The molecule has 2 N–H and O–H groups in total. The first kappa shape index (κ1) is 23.8. The van der Waals surface area contributed by atoms with E-state index in [9.17, 15) is 19.5 Å². The number of rotatable bonds is 6. The number of amides is 2. The van der Waals surface area contributed by atoms with Crippen LogP contribution in [0.2, 0.25) is 0 Å². The number of nitrogens with zero attached hydrogens (tertiary/aromatic N) is 1. The predicted molar refractivity (Wildman–Crippen MR) is 128 cm³/mol. The average Bonchev–Trinajstić information content (AvgIpc) is 3.01. The molecule has 2 aromatic rings. The molecule has 180 valence electrons. The van der Waals surface area contributed by atoms with Crippen LogP contribution in [0.4, 0.5) is 4.79 Å². The minimum absolute atomic E-state index is 0.103. The summed E-state index contributed by atoms with van der Waals surface area (Å²) in [5.74, 6) is -0.799. The lowest BCUT2D eigenvalue weighted by Crippen LogP contribution is -2.50. The van der Waals surface area contributed by atoms with Crippen molar-refractivity contribution in [3.63, 3.8) is 0 Å². The number of carboxylic acids is 1. The minimum atomic E-state index is -1.16. The fraction of sp³-hybridized carbons (Fsp3) is 0.444. The third kappa shape index (κ3) is 5.24. The maximum Gasteiger partial charge on any atom is 0.407 e. The monoisotopic (exact) mass is 464 g/mol. The number of hydrogen-bond acceptors (Lipinski definition) is 4. The second kappa shape index (κ2) is 10.3. The van der Waals surface area contributed by atoms with E-state index in [4.69, 9.17) is 4.74 Å². The number of carboxylic acid groups (broad SMARTS) is 1. The van der Waals surface area contributed by atoms with Gasteiger partial charge in [0.05, 0.1) is 6.42 Å². The summed E-state index contributed by atoms with van der Waals surface area (Å²) >= 11 is 0. The smallest absolute Gasteiger partial charge is 0.407 e. The molecule has 0 spiro atoms. The fourth-order valence-corrected chi connectivity index (χ4v) is 5.30. The zero-order chi connectivity index (χ0) is 24.2. The lowest BCUT2D eigenvalue weighted by atomic mass is 9.97. The highest BCUT2D eigenvalue weighted by Crippen LogP contribution is 2.44. The highest BCUT2D eigenvalue weighted by Gasteiger charge is 2.33. The van der Waals surface area contributed by atoms with Gasteiger partial charge in [-0.05, 0) is 46.9 Å². The number of alkyl carbamates (subject to hydrolysis) is 1. The highest BCUT2D eigenvalue weighted by molar-refractivity contribution is 5.89. The van der Waals surface area contributed by atoms with Crippen LogP contribution in [0.5, 0.6) is 0 Å². The van der Waals surface area contributed by atoms with Gasteiger partial charge in [-0.25, -0.2) is 4.79 Å². The summed E-state index contributed by atoms with van der Waals surface area (Å²) in [7, 11) is 0. The molecule has 0 aromatic heterocycles. The molecule has 34 heavy (non-hydrogen) atoms. The molecule has 4 rings (SSSR count). The van der Waals surface area contributed by atoms with Crippen LogP contribution in [0.15, 0.2) is 48.5 Å². The summed E-state index contributed by atoms with van der Waals surface area (Å²) in [6.07, 6.45) is 0.620. The van der Waals surface area contributed by atoms with E-state index >= 15 is 0 Å². The number of hydrogen-bond donors (Lipinski definition) is 2. The molecule has 1 heterocycles. The Labute approximate surface area is 200 Å². The number of aliphatic carboxylic acids is 1. The van der Waals surface area contributed by atoms with Crippen LogP contribution in [-0.4, -0.2) is 53.7 Å². The lowest BCUT2D eigenvalue weighted by Gasteiger charge is -2.27. The van der Waals surface area contributed by atoms with E-state index in [-0.39, 0.29) is 18.4 Å². The first-order chi connectivity index (χ1) is 16.3. The Bertz CT molecular complexity index is 1020. The molecule has 0 radical (unpaired) electrons. The first-order valence-electron chi connectivity index (χ1n) is 12.0. The van der Waals surface area contributed by atoms with Gasteiger partial charge >= 0.3 is 12.1 Å². The Morgan fingerprint density at radius 3 is 2.26 bits per heavy atom. The third-order valence-electron chi connectivity index (χ3n) is 6.85. The van der Waals surface area contributed by atoms with Crippen LogP contribution in [0.3, 0.4) is 0 Å². The normalized spacial score (nSPS) is 20.6. The van der Waals surface area contributed by atoms with Gasteiger partial charge in [0.1, 0.15) is 12.6 Å². The average molecular weight is 465 g/mol. The van der Waals surface area contributed by atoms with Gasteiger partial charge in [0.15, 0.2) is 0 Å². The minimum Gasteiger partial charge on any atom is -0.481 e. The first-order valence-corrected chi connectivity index (χ1v) is 12.0. The van der Waals surface area contributed by atoms with Gasteiger partial charge in [-0.15, -0.1) is 0 Å². The number of carbonyl (C=O) groups is 3. The zero-order valence-electron chi connectivity index (χ0n) is 19.7. The summed E-state index contributed by atoms with van der Waals surface area (Å²) in [6, 6.07) is 14.9. The van der Waals surface area contributed by atoms with Crippen LogP contribution in [0.1, 0.15) is 50.2 Å². The molecule has 2 aromatic carbocycles. The van der Waals surface area contributed by atoms with Gasteiger partial charge in [-0.3, -0.25) is 9.59 Å². The molecule has 7 heteroatoms. The van der Waals surface area contributed by atoms with Crippen molar-refractivity contribution < 1.29 is 24.2 Å². The van der Waals surface area contributed by atoms with E-state index in [0.29, 0.717) is 24.9 Å². The van der Waals surface area contributed by atoms with Gasteiger partial charge in [0, 0.05) is 19.0 Å². The second-order valence-corrected chi connectivity index (χ2v) is 9.64. The van der Waals surface area contributed by atoms with Crippen molar-refractivity contribution in [1.29, 1.82) is 0 Å². The highest BCUT2D eigenvalue weighted by atomic mass is 16.5. The van der Waals surface area contributed by atoms with Crippen molar-refractivity contribution in [2.45, 2.75) is 45.1 Å². The largest absolute Gasteiger partial charge is 0.481 e. The molecule has 1 fully saturated rings. The molecule has 1 saturated heterocycles. The van der Waals surface area contributed by atoms with Gasteiger partial charge < -0.3 is 20.1 Å². The maximum atomic E-state index is 13.2. The predicted octanol–water partition coefficient (Wildman–Crippen LogP) is 4.26. The van der Waals surface area contributed by atoms with E-state index in [1.807, 2.05) is 36.4 Å². The fourth-order valence-electron chi connectivity index (χ4n) is 5.30. The Balaban J connectivity index is 1.43. The maximum absolute atomic E-state index is 13.2. The molecule has 1 aliphatic carbocycles. The van der Waals surface area contributed by atoms with E-state index in [1.165, 1.54) is 0 Å². The van der Waals surface area contributed by atoms with E-state index in [2.05, 4.69) is 31.3 Å². The lowest BCUT2D eigenvalue weighted by molar-refractivity contribution is -0.142. The van der Waals surface area contributed by atoms with E-state index in [1.54, 1.807) is 4.90 Å². The Kier molecular flexibility index (Phi) is 7.20. The molecule has 1 aliphatic heterocycles. The number of fused-ring (bicyclic) bond motifs is 3. The summed E-state index contributed by atoms with van der Waals surface area (Å²) in [5.41, 5.74) is 4.41. The summed E-state index contributed by atoms with van der Waals surface area (Å²) in [4.78, 5) is 39.0. The van der Waals surface area contributed by atoms with Gasteiger partial charge in [-0.1, -0.05) is 62.4 Å². The molecule has 0 saturated carbocycles. The number of likely N-dealkylation sites (tertiary alicyclic amines) is 1. The van der Waals surface area contributed by atoms with Crippen LogP contribution in [0.25, 0.3) is 11.1 Å². The molecular formula is C27H32N2O5. The Hall–Kier alpha value is -3.35. The summed E-state index contributed by atoms with van der Waals surface area (Å²) in [5, 5.41) is 11.9. The molecule has 3 unspecified atom stereocenters. The number of benzene rings is 2. The molecular weight excluding hydrogens is 432 g/mol. The summed E-state index contributed by atoms with van der Waals surface area (Å²) < 4.78 is 5.54. The van der Waals surface area contributed by atoms with Crippen LogP contribution < -0.4 is 5.32 Å². The van der Waals surface area contributed by atoms with Crippen molar-refractivity contribution in [3.05, 3.63) is 59.7 Å². The quantitative estimate of drug-likeness (QED) is 0.666.